The predicted octanol–water partition coefficient (Wildman–Crippen LogP) is 2.31. The minimum atomic E-state index is -0.545. The van der Waals surface area contributed by atoms with Gasteiger partial charge in [-0.15, -0.1) is 0 Å². The molecule has 2 rings (SSSR count). The fraction of sp³-hybridized carbons (Fsp3) is 0.200. The van der Waals surface area contributed by atoms with Crippen LogP contribution in [-0.2, 0) is 7.05 Å². The molecule has 0 atom stereocenters. The van der Waals surface area contributed by atoms with Crippen molar-refractivity contribution in [2.75, 3.05) is 0 Å². The Kier molecular flexibility index (Phi) is 4.36. The molecule has 0 fully saturated rings. The van der Waals surface area contributed by atoms with Gasteiger partial charge in [0.2, 0.25) is 0 Å². The fourth-order valence-corrected chi connectivity index (χ4v) is 2.00. The Morgan fingerprint density at radius 3 is 2.68 bits per heavy atom. The van der Waals surface area contributed by atoms with Gasteiger partial charge >= 0.3 is 0 Å². The second kappa shape index (κ2) is 6.21. The van der Waals surface area contributed by atoms with Gasteiger partial charge in [0.25, 0.3) is 11.6 Å². The molecule has 0 spiro atoms. The first-order valence-electron chi connectivity index (χ1n) is 6.61. The summed E-state index contributed by atoms with van der Waals surface area (Å²) in [5, 5.41) is 14.6. The molecule has 0 bridgehead atoms. The number of hydrogen-bond acceptors (Lipinski definition) is 4. The highest BCUT2D eigenvalue weighted by atomic mass is 16.6. The molecule has 0 aliphatic carbocycles. The van der Waals surface area contributed by atoms with E-state index in [1.807, 2.05) is 31.5 Å². The number of non-ortho nitro benzene ring substituents is 1. The second-order valence-corrected chi connectivity index (χ2v) is 4.89. The molecule has 114 valence electrons. The van der Waals surface area contributed by atoms with Crippen molar-refractivity contribution in [2.24, 2.45) is 12.1 Å². The number of aromatic nitrogens is 1. The third-order valence-corrected chi connectivity index (χ3v) is 3.50. The zero-order valence-electron chi connectivity index (χ0n) is 12.5. The first-order valence-corrected chi connectivity index (χ1v) is 6.61. The SMILES string of the molecule is Cc1cc(/C=N\NC(=O)c2cccc([N+](=O)[O-])c2)c(C)n1C. The summed E-state index contributed by atoms with van der Waals surface area (Å²) in [7, 11) is 1.95. The zero-order valence-corrected chi connectivity index (χ0v) is 12.5. The van der Waals surface area contributed by atoms with Crippen molar-refractivity contribution in [1.29, 1.82) is 0 Å². The number of hydrazone groups is 1. The van der Waals surface area contributed by atoms with Crippen molar-refractivity contribution in [1.82, 2.24) is 9.99 Å². The molecule has 2 aromatic rings. The van der Waals surface area contributed by atoms with Crippen LogP contribution in [0.25, 0.3) is 0 Å². The van der Waals surface area contributed by atoms with Crippen LogP contribution in [0.1, 0.15) is 27.3 Å². The highest BCUT2D eigenvalue weighted by Crippen LogP contribution is 2.13. The van der Waals surface area contributed by atoms with E-state index in [0.717, 1.165) is 17.0 Å². The van der Waals surface area contributed by atoms with Gasteiger partial charge in [-0.25, -0.2) is 5.43 Å². The molecule has 1 amide bonds. The van der Waals surface area contributed by atoms with Crippen molar-refractivity contribution in [2.45, 2.75) is 13.8 Å². The molecular formula is C15H16N4O3. The van der Waals surface area contributed by atoms with E-state index in [1.165, 1.54) is 24.3 Å². The van der Waals surface area contributed by atoms with Crippen LogP contribution in [0.2, 0.25) is 0 Å². The third-order valence-electron chi connectivity index (χ3n) is 3.50. The summed E-state index contributed by atoms with van der Waals surface area (Å²) in [5.41, 5.74) is 5.44. The topological polar surface area (TPSA) is 89.5 Å². The van der Waals surface area contributed by atoms with Crippen molar-refractivity contribution in [3.8, 4) is 0 Å². The summed E-state index contributed by atoms with van der Waals surface area (Å²) in [6.45, 7) is 3.93. The summed E-state index contributed by atoms with van der Waals surface area (Å²) in [4.78, 5) is 22.1. The van der Waals surface area contributed by atoms with Crippen molar-refractivity contribution in [3.05, 3.63) is 63.0 Å². The lowest BCUT2D eigenvalue weighted by Gasteiger charge is -2.00. The van der Waals surface area contributed by atoms with Gasteiger partial charge in [-0.3, -0.25) is 14.9 Å². The van der Waals surface area contributed by atoms with Crippen LogP contribution in [0.3, 0.4) is 0 Å². The number of nitrogens with zero attached hydrogens (tertiary/aromatic N) is 3. The number of aryl methyl sites for hydroxylation is 1. The molecule has 0 radical (unpaired) electrons. The summed E-state index contributed by atoms with van der Waals surface area (Å²) in [6.07, 6.45) is 1.55. The third kappa shape index (κ3) is 3.20. The van der Waals surface area contributed by atoms with E-state index in [1.54, 1.807) is 6.21 Å². The van der Waals surface area contributed by atoms with Crippen LogP contribution < -0.4 is 5.43 Å². The maximum atomic E-state index is 11.9. The molecule has 1 aromatic heterocycles. The van der Waals surface area contributed by atoms with Gasteiger partial charge in [0.1, 0.15) is 0 Å². The minimum absolute atomic E-state index is 0.133. The number of rotatable bonds is 4. The number of hydrogen-bond donors (Lipinski definition) is 1. The van der Waals surface area contributed by atoms with Crippen molar-refractivity contribution >= 4 is 17.8 Å². The van der Waals surface area contributed by atoms with Crippen LogP contribution >= 0.6 is 0 Å². The minimum Gasteiger partial charge on any atom is -0.352 e. The van der Waals surface area contributed by atoms with Gasteiger partial charge in [-0.1, -0.05) is 6.07 Å². The molecule has 7 nitrogen and oxygen atoms in total. The van der Waals surface area contributed by atoms with E-state index in [2.05, 4.69) is 10.5 Å². The lowest BCUT2D eigenvalue weighted by Crippen LogP contribution is -2.17. The highest BCUT2D eigenvalue weighted by Gasteiger charge is 2.10. The zero-order chi connectivity index (χ0) is 16.3. The lowest BCUT2D eigenvalue weighted by molar-refractivity contribution is -0.384. The van der Waals surface area contributed by atoms with Gasteiger partial charge < -0.3 is 4.57 Å². The van der Waals surface area contributed by atoms with Crippen LogP contribution in [-0.4, -0.2) is 21.6 Å². The van der Waals surface area contributed by atoms with E-state index < -0.39 is 10.8 Å². The van der Waals surface area contributed by atoms with E-state index in [0.29, 0.717) is 0 Å². The van der Waals surface area contributed by atoms with Crippen molar-refractivity contribution in [3.63, 3.8) is 0 Å². The molecule has 1 heterocycles. The Hall–Kier alpha value is -2.96. The van der Waals surface area contributed by atoms with Gasteiger partial charge in [0, 0.05) is 41.7 Å². The van der Waals surface area contributed by atoms with E-state index in [4.69, 9.17) is 0 Å². The van der Waals surface area contributed by atoms with Gasteiger partial charge in [0.05, 0.1) is 11.1 Å². The van der Waals surface area contributed by atoms with Gasteiger partial charge in [-0.2, -0.15) is 5.10 Å². The molecule has 7 heteroatoms. The smallest absolute Gasteiger partial charge is 0.271 e. The monoisotopic (exact) mass is 300 g/mol. The number of carbonyl (C=O) groups excluding carboxylic acids is 1. The normalized spacial score (nSPS) is 10.9. The predicted molar refractivity (Wildman–Crippen MR) is 83.0 cm³/mol. The first kappa shape index (κ1) is 15.4. The average Bonchev–Trinajstić information content (AvgIpc) is 2.74. The molecule has 0 aliphatic heterocycles. The van der Waals surface area contributed by atoms with Crippen LogP contribution in [0.15, 0.2) is 35.4 Å². The summed E-state index contributed by atoms with van der Waals surface area (Å²) >= 11 is 0. The average molecular weight is 300 g/mol. The molecule has 1 aromatic carbocycles. The molecule has 0 aliphatic rings. The molecule has 0 saturated carbocycles. The number of nitrogens with one attached hydrogen (secondary N) is 1. The standard InChI is InChI=1S/C15H16N4O3/c1-10-7-13(11(2)18(10)3)9-16-17-15(20)12-5-4-6-14(8-12)19(21)22/h4-9H,1-3H3,(H,17,20)/b16-9-. The van der Waals surface area contributed by atoms with Crippen LogP contribution in [0, 0.1) is 24.0 Å². The number of carbonyl (C=O) groups is 1. The Labute approximate surface area is 127 Å². The van der Waals surface area contributed by atoms with E-state index in [-0.39, 0.29) is 11.3 Å². The number of nitro benzene ring substituents is 1. The largest absolute Gasteiger partial charge is 0.352 e. The number of amides is 1. The van der Waals surface area contributed by atoms with Gasteiger partial charge in [-0.05, 0) is 26.0 Å². The first-order chi connectivity index (χ1) is 10.4. The number of nitro groups is 1. The molecular weight excluding hydrogens is 284 g/mol. The summed E-state index contributed by atoms with van der Waals surface area (Å²) < 4.78 is 2.02. The highest BCUT2D eigenvalue weighted by molar-refractivity contribution is 5.95. The lowest BCUT2D eigenvalue weighted by atomic mass is 10.2. The summed E-state index contributed by atoms with van der Waals surface area (Å²) in [5.74, 6) is -0.495. The Bertz CT molecular complexity index is 762. The fourth-order valence-electron chi connectivity index (χ4n) is 2.00. The molecule has 0 saturated heterocycles. The quantitative estimate of drug-likeness (QED) is 0.534. The van der Waals surface area contributed by atoms with E-state index in [9.17, 15) is 14.9 Å². The summed E-state index contributed by atoms with van der Waals surface area (Å²) in [6, 6.07) is 7.45. The molecule has 0 unspecified atom stereocenters. The van der Waals surface area contributed by atoms with Gasteiger partial charge in [0.15, 0.2) is 0 Å². The van der Waals surface area contributed by atoms with Crippen LogP contribution in [0.4, 0.5) is 5.69 Å². The Morgan fingerprint density at radius 1 is 1.36 bits per heavy atom. The molecule has 1 N–H and O–H groups in total. The Balaban J connectivity index is 2.09. The maximum Gasteiger partial charge on any atom is 0.271 e. The van der Waals surface area contributed by atoms with Crippen LogP contribution in [0.5, 0.6) is 0 Å². The maximum absolute atomic E-state index is 11.9. The molecule has 22 heavy (non-hydrogen) atoms. The number of benzene rings is 1. The Morgan fingerprint density at radius 2 is 2.09 bits per heavy atom. The van der Waals surface area contributed by atoms with Crippen molar-refractivity contribution < 1.29 is 9.72 Å². The second-order valence-electron chi connectivity index (χ2n) is 4.89. The van der Waals surface area contributed by atoms with E-state index >= 15 is 0 Å².